The van der Waals surface area contributed by atoms with Crippen LogP contribution in [-0.4, -0.2) is 40.2 Å². The lowest BCUT2D eigenvalue weighted by Gasteiger charge is -2.22. The van der Waals surface area contributed by atoms with E-state index in [1.165, 1.54) is 38.5 Å². The molecule has 0 fully saturated rings. The minimum absolute atomic E-state index is 0.296. The SMILES string of the molecule is CCCCCCCCCCC(O)C(O)C(N)CO. The molecule has 110 valence electrons. The molecule has 3 atom stereocenters. The van der Waals surface area contributed by atoms with E-state index in [4.69, 9.17) is 10.8 Å². The Kier molecular flexibility index (Phi) is 11.8. The average molecular weight is 261 g/mol. The zero-order valence-electron chi connectivity index (χ0n) is 11.7. The van der Waals surface area contributed by atoms with Crippen LogP contribution in [0, 0.1) is 0 Å². The van der Waals surface area contributed by atoms with Crippen molar-refractivity contribution in [2.45, 2.75) is 83.0 Å². The number of unbranched alkanes of at least 4 members (excludes halogenated alkanes) is 7. The van der Waals surface area contributed by atoms with Gasteiger partial charge in [0.05, 0.1) is 24.9 Å². The van der Waals surface area contributed by atoms with Crippen molar-refractivity contribution in [3.8, 4) is 0 Å². The molecule has 4 nitrogen and oxygen atoms in total. The smallest absolute Gasteiger partial charge is 0.0971 e. The van der Waals surface area contributed by atoms with Crippen molar-refractivity contribution >= 4 is 0 Å². The zero-order chi connectivity index (χ0) is 13.8. The number of rotatable bonds is 12. The topological polar surface area (TPSA) is 86.7 Å². The first kappa shape index (κ1) is 17.8. The molecule has 0 bridgehead atoms. The molecule has 0 saturated carbocycles. The van der Waals surface area contributed by atoms with Gasteiger partial charge in [-0.25, -0.2) is 0 Å². The summed E-state index contributed by atoms with van der Waals surface area (Å²) < 4.78 is 0. The lowest BCUT2D eigenvalue weighted by atomic mass is 10.00. The Balaban J connectivity index is 3.37. The molecule has 4 heteroatoms. The summed E-state index contributed by atoms with van der Waals surface area (Å²) in [5, 5.41) is 28.0. The van der Waals surface area contributed by atoms with E-state index in [9.17, 15) is 10.2 Å². The van der Waals surface area contributed by atoms with Gasteiger partial charge in [0.1, 0.15) is 0 Å². The lowest BCUT2D eigenvalue weighted by Crippen LogP contribution is -2.45. The monoisotopic (exact) mass is 261 g/mol. The molecule has 0 aliphatic carbocycles. The molecule has 0 saturated heterocycles. The summed E-state index contributed by atoms with van der Waals surface area (Å²) in [6.07, 6.45) is 8.40. The number of hydrogen-bond acceptors (Lipinski definition) is 4. The Hall–Kier alpha value is -0.160. The fraction of sp³-hybridized carbons (Fsp3) is 1.00. The molecule has 0 aliphatic rings. The lowest BCUT2D eigenvalue weighted by molar-refractivity contribution is -0.0121. The van der Waals surface area contributed by atoms with Crippen LogP contribution in [0.15, 0.2) is 0 Å². The van der Waals surface area contributed by atoms with Crippen molar-refractivity contribution in [2.75, 3.05) is 6.61 Å². The Morgan fingerprint density at radius 1 is 0.889 bits per heavy atom. The van der Waals surface area contributed by atoms with Gasteiger partial charge in [0.2, 0.25) is 0 Å². The maximum absolute atomic E-state index is 9.65. The van der Waals surface area contributed by atoms with Gasteiger partial charge in [-0.15, -0.1) is 0 Å². The first-order chi connectivity index (χ1) is 8.63. The largest absolute Gasteiger partial charge is 0.395 e. The minimum atomic E-state index is -1.01. The summed E-state index contributed by atoms with van der Waals surface area (Å²) >= 11 is 0. The van der Waals surface area contributed by atoms with Gasteiger partial charge in [0.15, 0.2) is 0 Å². The Bertz CT molecular complexity index is 178. The van der Waals surface area contributed by atoms with Crippen molar-refractivity contribution < 1.29 is 15.3 Å². The molecule has 0 aromatic carbocycles. The van der Waals surface area contributed by atoms with E-state index in [-0.39, 0.29) is 6.61 Å². The quantitative estimate of drug-likeness (QED) is 0.402. The molecule has 0 aliphatic heterocycles. The highest BCUT2D eigenvalue weighted by atomic mass is 16.3. The maximum atomic E-state index is 9.65. The van der Waals surface area contributed by atoms with Gasteiger partial charge in [-0.1, -0.05) is 58.3 Å². The molecule has 3 unspecified atom stereocenters. The highest BCUT2D eigenvalue weighted by Crippen LogP contribution is 2.12. The summed E-state index contributed by atoms with van der Waals surface area (Å²) in [4.78, 5) is 0. The summed E-state index contributed by atoms with van der Waals surface area (Å²) in [5.74, 6) is 0. The van der Waals surface area contributed by atoms with E-state index in [1.807, 2.05) is 0 Å². The van der Waals surface area contributed by atoms with Gasteiger partial charge in [0.25, 0.3) is 0 Å². The van der Waals surface area contributed by atoms with Crippen molar-refractivity contribution in [1.29, 1.82) is 0 Å². The normalized spacial score (nSPS) is 16.5. The summed E-state index contributed by atoms with van der Waals surface area (Å²) in [6, 6.07) is -0.742. The maximum Gasteiger partial charge on any atom is 0.0971 e. The first-order valence-electron chi connectivity index (χ1n) is 7.36. The van der Waals surface area contributed by atoms with Crippen LogP contribution < -0.4 is 5.73 Å². The van der Waals surface area contributed by atoms with E-state index in [2.05, 4.69) is 6.92 Å². The zero-order valence-corrected chi connectivity index (χ0v) is 11.7. The van der Waals surface area contributed by atoms with Crippen LogP contribution >= 0.6 is 0 Å². The third-order valence-electron chi connectivity index (χ3n) is 3.40. The second-order valence-corrected chi connectivity index (χ2v) is 5.17. The third kappa shape index (κ3) is 8.86. The van der Waals surface area contributed by atoms with Crippen LogP contribution in [-0.2, 0) is 0 Å². The third-order valence-corrected chi connectivity index (χ3v) is 3.40. The molecule has 0 aromatic rings. The fourth-order valence-corrected chi connectivity index (χ4v) is 2.05. The Labute approximate surface area is 111 Å². The van der Waals surface area contributed by atoms with Gasteiger partial charge in [0, 0.05) is 0 Å². The average Bonchev–Trinajstić information content (AvgIpc) is 2.39. The van der Waals surface area contributed by atoms with E-state index in [1.54, 1.807) is 0 Å². The summed E-state index contributed by atoms with van der Waals surface area (Å²) in [5.41, 5.74) is 5.46. The van der Waals surface area contributed by atoms with Crippen molar-refractivity contribution in [2.24, 2.45) is 5.73 Å². The van der Waals surface area contributed by atoms with Crippen LogP contribution in [0.1, 0.15) is 64.7 Å². The standard InChI is InChI=1S/C14H31NO3/c1-2-3-4-5-6-7-8-9-10-13(17)14(18)12(15)11-16/h12-14,16-18H,2-11,15H2,1H3. The van der Waals surface area contributed by atoms with E-state index in [0.717, 1.165) is 12.8 Å². The van der Waals surface area contributed by atoms with Crippen molar-refractivity contribution in [3.63, 3.8) is 0 Å². The van der Waals surface area contributed by atoms with Crippen LogP contribution in [0.3, 0.4) is 0 Å². The molecule has 0 heterocycles. The minimum Gasteiger partial charge on any atom is -0.395 e. The Morgan fingerprint density at radius 2 is 1.39 bits per heavy atom. The first-order valence-corrected chi connectivity index (χ1v) is 7.36. The predicted molar refractivity (Wildman–Crippen MR) is 74.3 cm³/mol. The van der Waals surface area contributed by atoms with Gasteiger partial charge in [-0.05, 0) is 6.42 Å². The Morgan fingerprint density at radius 3 is 1.89 bits per heavy atom. The molecule has 5 N–H and O–H groups in total. The number of hydrogen-bond donors (Lipinski definition) is 4. The van der Waals surface area contributed by atoms with Crippen LogP contribution in [0.25, 0.3) is 0 Å². The molecular formula is C14H31NO3. The molecule has 18 heavy (non-hydrogen) atoms. The second-order valence-electron chi connectivity index (χ2n) is 5.17. The highest BCUT2D eigenvalue weighted by molar-refractivity contribution is 4.77. The molecular weight excluding hydrogens is 230 g/mol. The summed E-state index contributed by atoms with van der Waals surface area (Å²) in [7, 11) is 0. The van der Waals surface area contributed by atoms with Gasteiger partial charge in [-0.3, -0.25) is 0 Å². The van der Waals surface area contributed by atoms with E-state index >= 15 is 0 Å². The van der Waals surface area contributed by atoms with Crippen molar-refractivity contribution in [3.05, 3.63) is 0 Å². The molecule has 0 spiro atoms. The molecule has 0 rings (SSSR count). The number of aliphatic hydroxyl groups excluding tert-OH is 3. The van der Waals surface area contributed by atoms with Crippen molar-refractivity contribution in [1.82, 2.24) is 0 Å². The molecule has 0 aromatic heterocycles. The number of nitrogens with two attached hydrogens (primary N) is 1. The van der Waals surface area contributed by atoms with Gasteiger partial charge in [-0.2, -0.15) is 0 Å². The molecule has 0 radical (unpaired) electrons. The summed E-state index contributed by atoms with van der Waals surface area (Å²) in [6.45, 7) is 1.92. The second kappa shape index (κ2) is 11.9. The van der Waals surface area contributed by atoms with Crippen LogP contribution in [0.4, 0.5) is 0 Å². The fourth-order valence-electron chi connectivity index (χ4n) is 2.05. The van der Waals surface area contributed by atoms with Gasteiger partial charge >= 0.3 is 0 Å². The predicted octanol–water partition coefficient (Wildman–Crippen LogP) is 1.56. The van der Waals surface area contributed by atoms with E-state index < -0.39 is 18.2 Å². The number of aliphatic hydroxyl groups is 3. The van der Waals surface area contributed by atoms with Crippen LogP contribution in [0.2, 0.25) is 0 Å². The van der Waals surface area contributed by atoms with Gasteiger partial charge < -0.3 is 21.1 Å². The highest BCUT2D eigenvalue weighted by Gasteiger charge is 2.21. The van der Waals surface area contributed by atoms with Crippen LogP contribution in [0.5, 0.6) is 0 Å². The molecule has 0 amide bonds. The van der Waals surface area contributed by atoms with E-state index in [0.29, 0.717) is 6.42 Å².